The fraction of sp³-hybridized carbons (Fsp3) is 0.519. The van der Waals surface area contributed by atoms with E-state index in [0.717, 1.165) is 31.4 Å². The topological polar surface area (TPSA) is 70.6 Å². The number of aliphatic hydroxyl groups is 1. The number of aliphatic hydroxyl groups excluding tert-OH is 1. The quantitative estimate of drug-likeness (QED) is 0.427. The summed E-state index contributed by atoms with van der Waals surface area (Å²) in [4.78, 5) is 12.0. The molecule has 1 aliphatic carbocycles. The van der Waals surface area contributed by atoms with Gasteiger partial charge in [-0.15, -0.1) is 0 Å². The van der Waals surface area contributed by atoms with Crippen molar-refractivity contribution in [3.63, 3.8) is 0 Å². The van der Waals surface area contributed by atoms with Crippen LogP contribution in [-0.2, 0) is 5.41 Å². The molecule has 1 aliphatic rings. The summed E-state index contributed by atoms with van der Waals surface area (Å²) in [5, 5.41) is 15.1. The third-order valence-electron chi connectivity index (χ3n) is 7.00. The molecule has 1 amide bonds. The summed E-state index contributed by atoms with van der Waals surface area (Å²) >= 11 is 0. The predicted molar refractivity (Wildman–Crippen MR) is 129 cm³/mol. The van der Waals surface area contributed by atoms with Crippen LogP contribution < -0.4 is 15.4 Å². The van der Waals surface area contributed by atoms with Gasteiger partial charge in [0, 0.05) is 18.2 Å². The van der Waals surface area contributed by atoms with Crippen molar-refractivity contribution >= 4 is 5.91 Å². The van der Waals surface area contributed by atoms with Gasteiger partial charge < -0.3 is 20.5 Å². The molecule has 0 spiro atoms. The number of nitrogens with one attached hydrogen (secondary N) is 2. The molecule has 2 aromatic rings. The summed E-state index contributed by atoms with van der Waals surface area (Å²) in [6.45, 7) is 5.55. The second-order valence-corrected chi connectivity index (χ2v) is 9.44. The van der Waals surface area contributed by atoms with Crippen LogP contribution >= 0.6 is 0 Å². The minimum Gasteiger partial charge on any atom is -0.494 e. The van der Waals surface area contributed by atoms with Crippen LogP contribution in [0.1, 0.15) is 73.5 Å². The molecule has 33 heavy (non-hydrogen) atoms. The Bertz CT molecular complexity index is 918. The number of hydrogen-bond acceptors (Lipinski definition) is 4. The van der Waals surface area contributed by atoms with Crippen molar-refractivity contribution in [1.82, 2.24) is 10.6 Å². The van der Waals surface area contributed by atoms with Crippen molar-refractivity contribution < 1.29 is 19.0 Å². The zero-order valence-corrected chi connectivity index (χ0v) is 20.0. The molecule has 0 aromatic heterocycles. The van der Waals surface area contributed by atoms with E-state index in [1.807, 2.05) is 12.1 Å². The standard InChI is InChI=1S/C27H37FN2O3/c1-19(22-8-11-24(28)25(17-22)33-3)29-14-4-5-20-12-13-27(2,18-20)23-9-6-21(7-10-23)26(32)30-15-16-31/h6-11,17,19-20,29,31H,4-5,12-16,18H2,1-3H3,(H,30,32). The van der Waals surface area contributed by atoms with Gasteiger partial charge in [-0.05, 0) is 92.3 Å². The molecule has 0 aliphatic heterocycles. The van der Waals surface area contributed by atoms with Gasteiger partial charge in [-0.3, -0.25) is 4.79 Å². The summed E-state index contributed by atoms with van der Waals surface area (Å²) < 4.78 is 18.7. The number of methoxy groups -OCH3 is 1. The number of carbonyl (C=O) groups is 1. The summed E-state index contributed by atoms with van der Waals surface area (Å²) in [5.74, 6) is 0.499. The zero-order valence-electron chi connectivity index (χ0n) is 20.0. The third kappa shape index (κ3) is 6.55. The number of benzene rings is 2. The van der Waals surface area contributed by atoms with Gasteiger partial charge in [0.05, 0.1) is 13.7 Å². The van der Waals surface area contributed by atoms with Crippen molar-refractivity contribution in [3.05, 3.63) is 65.0 Å². The highest BCUT2D eigenvalue weighted by Crippen LogP contribution is 2.45. The first-order chi connectivity index (χ1) is 15.9. The Morgan fingerprint density at radius 2 is 2.00 bits per heavy atom. The minimum atomic E-state index is -0.336. The minimum absolute atomic E-state index is 0.0568. The van der Waals surface area contributed by atoms with Gasteiger partial charge in [0.1, 0.15) is 0 Å². The van der Waals surface area contributed by atoms with Crippen molar-refractivity contribution in [2.24, 2.45) is 5.92 Å². The van der Waals surface area contributed by atoms with Gasteiger partial charge in [0.25, 0.3) is 5.91 Å². The van der Waals surface area contributed by atoms with Crippen molar-refractivity contribution in [2.45, 2.75) is 57.4 Å². The summed E-state index contributed by atoms with van der Waals surface area (Å²) in [6, 6.07) is 13.1. The second kappa shape index (κ2) is 11.6. The molecule has 3 rings (SSSR count). The lowest BCUT2D eigenvalue weighted by atomic mass is 9.79. The van der Waals surface area contributed by atoms with E-state index in [1.165, 1.54) is 31.6 Å². The Kier molecular flexibility index (Phi) is 8.87. The van der Waals surface area contributed by atoms with Crippen molar-refractivity contribution in [1.29, 1.82) is 0 Å². The largest absolute Gasteiger partial charge is 0.494 e. The Morgan fingerprint density at radius 3 is 2.70 bits per heavy atom. The first kappa shape index (κ1) is 25.2. The van der Waals surface area contributed by atoms with Crippen LogP contribution in [0.4, 0.5) is 4.39 Å². The van der Waals surface area contributed by atoms with Crippen LogP contribution in [0.5, 0.6) is 5.75 Å². The number of halogens is 1. The zero-order chi connectivity index (χ0) is 23.8. The van der Waals surface area contributed by atoms with Crippen LogP contribution in [-0.4, -0.2) is 37.8 Å². The third-order valence-corrected chi connectivity index (χ3v) is 7.00. The number of amides is 1. The number of carbonyl (C=O) groups excluding carboxylic acids is 1. The van der Waals surface area contributed by atoms with Crippen LogP contribution in [0.3, 0.4) is 0 Å². The van der Waals surface area contributed by atoms with E-state index in [1.54, 1.807) is 12.1 Å². The molecule has 2 aromatic carbocycles. The molecule has 3 unspecified atom stereocenters. The fourth-order valence-electron chi connectivity index (χ4n) is 4.94. The molecule has 3 atom stereocenters. The predicted octanol–water partition coefficient (Wildman–Crippen LogP) is 4.75. The molecule has 0 saturated heterocycles. The smallest absolute Gasteiger partial charge is 0.251 e. The van der Waals surface area contributed by atoms with E-state index < -0.39 is 0 Å². The Labute approximate surface area is 196 Å². The van der Waals surface area contributed by atoms with E-state index in [2.05, 4.69) is 36.6 Å². The summed E-state index contributed by atoms with van der Waals surface area (Å²) in [7, 11) is 1.49. The molecule has 180 valence electrons. The van der Waals surface area contributed by atoms with Gasteiger partial charge in [-0.25, -0.2) is 4.39 Å². The lowest BCUT2D eigenvalue weighted by Crippen LogP contribution is -2.26. The monoisotopic (exact) mass is 456 g/mol. The molecule has 1 saturated carbocycles. The molecule has 5 nitrogen and oxygen atoms in total. The van der Waals surface area contributed by atoms with E-state index in [0.29, 0.717) is 11.5 Å². The lowest BCUT2D eigenvalue weighted by molar-refractivity contribution is 0.0944. The van der Waals surface area contributed by atoms with Gasteiger partial charge in [0.15, 0.2) is 11.6 Å². The van der Waals surface area contributed by atoms with E-state index >= 15 is 0 Å². The maximum absolute atomic E-state index is 13.6. The first-order valence-electron chi connectivity index (χ1n) is 11.9. The molecule has 0 bridgehead atoms. The van der Waals surface area contributed by atoms with Gasteiger partial charge in [0.2, 0.25) is 0 Å². The summed E-state index contributed by atoms with van der Waals surface area (Å²) in [5.41, 5.74) is 3.09. The maximum atomic E-state index is 13.6. The maximum Gasteiger partial charge on any atom is 0.251 e. The SMILES string of the molecule is COc1cc(C(C)NCCCC2CCC(C)(c3ccc(C(=O)NCCO)cc3)C2)ccc1F. The van der Waals surface area contributed by atoms with E-state index in [9.17, 15) is 9.18 Å². The highest BCUT2D eigenvalue weighted by Gasteiger charge is 2.36. The van der Waals surface area contributed by atoms with Crippen LogP contribution in [0.15, 0.2) is 42.5 Å². The van der Waals surface area contributed by atoms with E-state index in [4.69, 9.17) is 9.84 Å². The van der Waals surface area contributed by atoms with Gasteiger partial charge in [-0.1, -0.05) is 25.1 Å². The number of rotatable bonds is 11. The molecule has 6 heteroatoms. The van der Waals surface area contributed by atoms with Crippen molar-refractivity contribution in [3.8, 4) is 5.75 Å². The number of hydrogen-bond donors (Lipinski definition) is 3. The van der Waals surface area contributed by atoms with Crippen LogP contribution in [0.25, 0.3) is 0 Å². The normalized spacial score (nSPS) is 21.1. The molecule has 0 radical (unpaired) electrons. The molecule has 1 fully saturated rings. The summed E-state index contributed by atoms with van der Waals surface area (Å²) in [6.07, 6.45) is 5.83. The highest BCUT2D eigenvalue weighted by atomic mass is 19.1. The van der Waals surface area contributed by atoms with Gasteiger partial charge in [-0.2, -0.15) is 0 Å². The van der Waals surface area contributed by atoms with Crippen LogP contribution in [0, 0.1) is 11.7 Å². The Balaban J connectivity index is 1.44. The average Bonchev–Trinajstić information content (AvgIpc) is 3.22. The molecule has 0 heterocycles. The second-order valence-electron chi connectivity index (χ2n) is 9.44. The Morgan fingerprint density at radius 1 is 1.24 bits per heavy atom. The molecular weight excluding hydrogens is 419 g/mol. The number of ether oxygens (including phenoxy) is 1. The van der Waals surface area contributed by atoms with Crippen LogP contribution in [0.2, 0.25) is 0 Å². The van der Waals surface area contributed by atoms with Crippen molar-refractivity contribution in [2.75, 3.05) is 26.8 Å². The Hall–Kier alpha value is -2.44. The first-order valence-corrected chi connectivity index (χ1v) is 11.9. The highest BCUT2D eigenvalue weighted by molar-refractivity contribution is 5.94. The van der Waals surface area contributed by atoms with E-state index in [-0.39, 0.29) is 42.1 Å². The van der Waals surface area contributed by atoms with Gasteiger partial charge >= 0.3 is 0 Å². The fourth-order valence-corrected chi connectivity index (χ4v) is 4.94. The average molecular weight is 457 g/mol. The molecular formula is C27H37FN2O3. The molecule has 3 N–H and O–H groups in total. The lowest BCUT2D eigenvalue weighted by Gasteiger charge is -2.25.